The molecular weight excluding hydrogens is 145 g/mol. The molecule has 1 aromatic rings. The predicted molar refractivity (Wildman–Crippen MR) is 42.3 cm³/mol. The smallest absolute Gasteiger partial charge is 0.492 e. The molecule has 0 atom stereocenters. The van der Waals surface area contributed by atoms with Crippen LogP contribution in [0.15, 0.2) is 18.2 Å². The molecule has 0 saturated heterocycles. The van der Waals surface area contributed by atoms with Crippen molar-refractivity contribution in [3.05, 3.63) is 18.2 Å². The number of anilines is 1. The molecule has 0 radical (unpaired) electrons. The van der Waals surface area contributed by atoms with Crippen molar-refractivity contribution in [2.75, 3.05) is 5.73 Å². The van der Waals surface area contributed by atoms with Crippen LogP contribution in [0.5, 0.6) is 5.75 Å². The van der Waals surface area contributed by atoms with Crippen LogP contribution in [0.4, 0.5) is 5.69 Å². The monoisotopic (exact) mass is 153 g/mol. The predicted octanol–water partition coefficient (Wildman–Crippen LogP) is -1.35. The van der Waals surface area contributed by atoms with Gasteiger partial charge in [0.15, 0.2) is 0 Å². The van der Waals surface area contributed by atoms with Gasteiger partial charge in [0.1, 0.15) is 5.75 Å². The maximum Gasteiger partial charge on any atom is 0.492 e. The van der Waals surface area contributed by atoms with E-state index < -0.39 is 7.12 Å². The topological polar surface area (TPSA) is 86.7 Å². The normalized spacial score (nSPS) is 9.64. The number of benzene rings is 1. The van der Waals surface area contributed by atoms with Crippen molar-refractivity contribution in [2.24, 2.45) is 0 Å². The first-order valence-electron chi connectivity index (χ1n) is 3.06. The standard InChI is InChI=1S/C6H8BNO3/c8-4-1-2-5(7(10)11)6(9)3-4/h1-3,9-11H,8H2. The molecule has 58 valence electrons. The number of phenols is 1. The number of phenolic OH excluding ortho intramolecular Hbond substituents is 1. The largest absolute Gasteiger partial charge is 0.508 e. The third-order valence-corrected chi connectivity index (χ3v) is 1.33. The highest BCUT2D eigenvalue weighted by Crippen LogP contribution is 2.10. The zero-order chi connectivity index (χ0) is 8.43. The van der Waals surface area contributed by atoms with Crippen molar-refractivity contribution in [1.82, 2.24) is 0 Å². The van der Waals surface area contributed by atoms with E-state index in [0.29, 0.717) is 5.69 Å². The Bertz CT molecular complexity index is 264. The molecule has 0 aliphatic heterocycles. The number of aromatic hydroxyl groups is 1. The zero-order valence-corrected chi connectivity index (χ0v) is 5.73. The summed E-state index contributed by atoms with van der Waals surface area (Å²) in [4.78, 5) is 0. The highest BCUT2D eigenvalue weighted by Gasteiger charge is 2.14. The number of nitrogens with two attached hydrogens (primary N) is 1. The fraction of sp³-hybridized carbons (Fsp3) is 0. The maximum atomic E-state index is 9.06. The van der Waals surface area contributed by atoms with E-state index >= 15 is 0 Å². The van der Waals surface area contributed by atoms with Crippen molar-refractivity contribution < 1.29 is 15.2 Å². The molecule has 0 heterocycles. The highest BCUT2D eigenvalue weighted by molar-refractivity contribution is 6.59. The lowest BCUT2D eigenvalue weighted by Crippen LogP contribution is -2.29. The van der Waals surface area contributed by atoms with Gasteiger partial charge in [-0.1, -0.05) is 6.07 Å². The Balaban J connectivity index is 3.09. The molecule has 0 bridgehead atoms. The van der Waals surface area contributed by atoms with Gasteiger partial charge in [-0.25, -0.2) is 0 Å². The molecule has 0 aromatic heterocycles. The number of nitrogen functional groups attached to an aromatic ring is 1. The molecule has 0 amide bonds. The lowest BCUT2D eigenvalue weighted by Gasteiger charge is -2.02. The van der Waals surface area contributed by atoms with E-state index in [1.165, 1.54) is 18.2 Å². The quantitative estimate of drug-likeness (QED) is 0.297. The minimum absolute atomic E-state index is 0.0548. The van der Waals surface area contributed by atoms with E-state index in [1.807, 2.05) is 0 Å². The summed E-state index contributed by atoms with van der Waals surface area (Å²) in [5, 5.41) is 26.4. The van der Waals surface area contributed by atoms with E-state index in [4.69, 9.17) is 20.9 Å². The Morgan fingerprint density at radius 3 is 2.36 bits per heavy atom. The summed E-state index contributed by atoms with van der Waals surface area (Å²) in [6.45, 7) is 0. The average Bonchev–Trinajstić information content (AvgIpc) is 1.85. The van der Waals surface area contributed by atoms with Crippen LogP contribution in [0.3, 0.4) is 0 Å². The molecule has 0 unspecified atom stereocenters. The van der Waals surface area contributed by atoms with Gasteiger partial charge < -0.3 is 20.9 Å². The maximum absolute atomic E-state index is 9.06. The van der Waals surface area contributed by atoms with Gasteiger partial charge in [0, 0.05) is 17.2 Å². The van der Waals surface area contributed by atoms with Gasteiger partial charge >= 0.3 is 7.12 Å². The Morgan fingerprint density at radius 1 is 1.27 bits per heavy atom. The summed E-state index contributed by atoms with van der Waals surface area (Å²) in [5.41, 5.74) is 5.74. The number of hydrogen-bond donors (Lipinski definition) is 4. The summed E-state index contributed by atoms with van der Waals surface area (Å²) in [7, 11) is -1.66. The molecule has 5 heteroatoms. The van der Waals surface area contributed by atoms with Crippen molar-refractivity contribution in [1.29, 1.82) is 0 Å². The lowest BCUT2D eigenvalue weighted by atomic mass is 9.79. The Kier molecular flexibility index (Phi) is 2.02. The molecule has 0 aliphatic rings. The molecule has 0 spiro atoms. The second kappa shape index (κ2) is 2.81. The van der Waals surface area contributed by atoms with E-state index in [0.717, 1.165) is 0 Å². The lowest BCUT2D eigenvalue weighted by molar-refractivity contribution is 0.419. The van der Waals surface area contributed by atoms with Crippen LogP contribution >= 0.6 is 0 Å². The molecule has 0 fully saturated rings. The summed E-state index contributed by atoms with van der Waals surface area (Å²) in [6, 6.07) is 4.10. The van der Waals surface area contributed by atoms with Gasteiger partial charge in [-0.3, -0.25) is 0 Å². The fourth-order valence-corrected chi connectivity index (χ4v) is 0.779. The molecule has 1 aromatic carbocycles. The SMILES string of the molecule is Nc1ccc(B(O)O)c(O)c1. The van der Waals surface area contributed by atoms with Crippen molar-refractivity contribution in [3.63, 3.8) is 0 Å². The zero-order valence-electron chi connectivity index (χ0n) is 5.73. The van der Waals surface area contributed by atoms with Gasteiger partial charge in [-0.15, -0.1) is 0 Å². The summed E-state index contributed by atoms with van der Waals surface area (Å²) >= 11 is 0. The molecule has 5 N–H and O–H groups in total. The highest BCUT2D eigenvalue weighted by atomic mass is 16.4. The molecule has 11 heavy (non-hydrogen) atoms. The summed E-state index contributed by atoms with van der Waals surface area (Å²) in [6.07, 6.45) is 0. The van der Waals surface area contributed by atoms with Gasteiger partial charge in [-0.05, 0) is 6.07 Å². The van der Waals surface area contributed by atoms with Gasteiger partial charge in [0.2, 0.25) is 0 Å². The average molecular weight is 153 g/mol. The van der Waals surface area contributed by atoms with Crippen LogP contribution in [0.25, 0.3) is 0 Å². The van der Waals surface area contributed by atoms with E-state index in [-0.39, 0.29) is 11.2 Å². The first-order chi connectivity index (χ1) is 5.11. The summed E-state index contributed by atoms with van der Waals surface area (Å²) < 4.78 is 0. The van der Waals surface area contributed by atoms with Crippen molar-refractivity contribution >= 4 is 18.3 Å². The van der Waals surface area contributed by atoms with Crippen molar-refractivity contribution in [2.45, 2.75) is 0 Å². The third-order valence-electron chi connectivity index (χ3n) is 1.33. The second-order valence-corrected chi connectivity index (χ2v) is 2.19. The Labute approximate surface area is 64.0 Å². The van der Waals surface area contributed by atoms with E-state index in [1.54, 1.807) is 0 Å². The minimum atomic E-state index is -1.66. The second-order valence-electron chi connectivity index (χ2n) is 2.19. The van der Waals surface area contributed by atoms with E-state index in [2.05, 4.69) is 0 Å². The van der Waals surface area contributed by atoms with Crippen LogP contribution in [0.2, 0.25) is 0 Å². The van der Waals surface area contributed by atoms with E-state index in [9.17, 15) is 0 Å². The van der Waals surface area contributed by atoms with Gasteiger partial charge in [0.25, 0.3) is 0 Å². The van der Waals surface area contributed by atoms with Crippen LogP contribution < -0.4 is 11.2 Å². The first kappa shape index (κ1) is 7.91. The fourth-order valence-electron chi connectivity index (χ4n) is 0.779. The number of rotatable bonds is 1. The third kappa shape index (κ3) is 1.63. The van der Waals surface area contributed by atoms with Crippen molar-refractivity contribution in [3.8, 4) is 5.75 Å². The summed E-state index contributed by atoms with van der Waals surface area (Å²) in [5.74, 6) is -0.208. The van der Waals surface area contributed by atoms with Crippen LogP contribution in [0, 0.1) is 0 Å². The Hall–Kier alpha value is -1.20. The minimum Gasteiger partial charge on any atom is -0.508 e. The molecule has 4 nitrogen and oxygen atoms in total. The molecular formula is C6H8BNO3. The van der Waals surface area contributed by atoms with Crippen LogP contribution in [0.1, 0.15) is 0 Å². The molecule has 0 aliphatic carbocycles. The van der Waals surface area contributed by atoms with Crippen LogP contribution in [-0.2, 0) is 0 Å². The first-order valence-corrected chi connectivity index (χ1v) is 3.06. The number of hydrogen-bond acceptors (Lipinski definition) is 4. The van der Waals surface area contributed by atoms with Gasteiger partial charge in [0.05, 0.1) is 0 Å². The van der Waals surface area contributed by atoms with Crippen LogP contribution in [-0.4, -0.2) is 22.3 Å². The molecule has 1 rings (SSSR count). The molecule has 0 saturated carbocycles. The Morgan fingerprint density at radius 2 is 1.91 bits per heavy atom. The van der Waals surface area contributed by atoms with Gasteiger partial charge in [-0.2, -0.15) is 0 Å².